The average Bonchev–Trinajstić information content (AvgIpc) is 2.03. The molecule has 1 unspecified atom stereocenters. The first kappa shape index (κ1) is 12.8. The molecule has 0 aliphatic carbocycles. The topological polar surface area (TPSA) is 83.6 Å². The number of rotatable bonds is 2. The molecule has 1 aromatic carbocycles. The molecule has 1 atom stereocenters. The van der Waals surface area contributed by atoms with Crippen molar-refractivity contribution >= 4 is 18.6 Å². The highest BCUT2D eigenvalue weighted by molar-refractivity contribution is 7.80. The Labute approximate surface area is 87.8 Å². The van der Waals surface area contributed by atoms with Crippen LogP contribution in [0.15, 0.2) is 30.3 Å². The molecule has 0 radical (unpaired) electrons. The lowest BCUT2D eigenvalue weighted by atomic mass is 10.3. The first-order valence-corrected chi connectivity index (χ1v) is 4.43. The SMILES string of the molecule is NC(S)CC(=O)O.Oc1ccccc1. The van der Waals surface area contributed by atoms with Gasteiger partial charge in [-0.15, -0.1) is 0 Å². The van der Waals surface area contributed by atoms with E-state index in [4.69, 9.17) is 15.9 Å². The van der Waals surface area contributed by atoms with Crippen molar-refractivity contribution in [3.8, 4) is 5.75 Å². The summed E-state index contributed by atoms with van der Waals surface area (Å²) in [4.78, 5) is 9.68. The number of nitrogens with two attached hydrogens (primary N) is 1. The largest absolute Gasteiger partial charge is 0.508 e. The van der Waals surface area contributed by atoms with Gasteiger partial charge >= 0.3 is 5.97 Å². The van der Waals surface area contributed by atoms with Crippen molar-refractivity contribution in [3.63, 3.8) is 0 Å². The lowest BCUT2D eigenvalue weighted by molar-refractivity contribution is -0.136. The average molecular weight is 215 g/mol. The van der Waals surface area contributed by atoms with E-state index < -0.39 is 11.3 Å². The Morgan fingerprint density at radius 1 is 1.43 bits per heavy atom. The maximum Gasteiger partial charge on any atom is 0.305 e. The minimum Gasteiger partial charge on any atom is -0.508 e. The van der Waals surface area contributed by atoms with Gasteiger partial charge in [-0.25, -0.2) is 0 Å². The second-order valence-electron chi connectivity index (χ2n) is 2.50. The number of carboxylic acid groups (broad SMARTS) is 1. The number of hydrogen-bond donors (Lipinski definition) is 4. The zero-order chi connectivity index (χ0) is 11.0. The maximum absolute atomic E-state index is 9.68. The highest BCUT2D eigenvalue weighted by Gasteiger charge is 1.99. The fraction of sp³-hybridized carbons (Fsp3) is 0.222. The van der Waals surface area contributed by atoms with E-state index in [2.05, 4.69) is 12.6 Å². The molecule has 0 aliphatic rings. The van der Waals surface area contributed by atoms with Crippen LogP contribution in [0.2, 0.25) is 0 Å². The predicted octanol–water partition coefficient (Wildman–Crippen LogP) is 1.07. The van der Waals surface area contributed by atoms with Crippen LogP contribution in [-0.4, -0.2) is 21.6 Å². The summed E-state index contributed by atoms with van der Waals surface area (Å²) < 4.78 is 0. The predicted molar refractivity (Wildman–Crippen MR) is 57.3 cm³/mol. The molecular formula is C9H13NO3S. The van der Waals surface area contributed by atoms with E-state index >= 15 is 0 Å². The highest BCUT2D eigenvalue weighted by atomic mass is 32.1. The van der Waals surface area contributed by atoms with Gasteiger partial charge < -0.3 is 15.9 Å². The van der Waals surface area contributed by atoms with Gasteiger partial charge in [0.05, 0.1) is 11.8 Å². The fourth-order valence-corrected chi connectivity index (χ4v) is 0.763. The summed E-state index contributed by atoms with van der Waals surface area (Å²) in [6, 6.07) is 8.71. The van der Waals surface area contributed by atoms with Crippen LogP contribution in [0.3, 0.4) is 0 Å². The van der Waals surface area contributed by atoms with Gasteiger partial charge in [-0.3, -0.25) is 4.79 Å². The van der Waals surface area contributed by atoms with Crippen LogP contribution in [0.5, 0.6) is 5.75 Å². The van der Waals surface area contributed by atoms with Crippen LogP contribution in [0.1, 0.15) is 6.42 Å². The molecule has 0 spiro atoms. The zero-order valence-corrected chi connectivity index (χ0v) is 8.39. The molecule has 4 N–H and O–H groups in total. The van der Waals surface area contributed by atoms with Crippen molar-refractivity contribution in [2.45, 2.75) is 11.8 Å². The zero-order valence-electron chi connectivity index (χ0n) is 7.50. The number of benzene rings is 1. The second kappa shape index (κ2) is 7.23. The van der Waals surface area contributed by atoms with Crippen LogP contribution in [0.25, 0.3) is 0 Å². The van der Waals surface area contributed by atoms with Crippen LogP contribution in [0.4, 0.5) is 0 Å². The summed E-state index contributed by atoms with van der Waals surface area (Å²) in [5.74, 6) is -0.593. The third-order valence-corrected chi connectivity index (χ3v) is 1.32. The van der Waals surface area contributed by atoms with Gasteiger partial charge in [-0.05, 0) is 12.1 Å². The number of carbonyl (C=O) groups is 1. The van der Waals surface area contributed by atoms with Gasteiger partial charge in [-0.1, -0.05) is 18.2 Å². The number of phenols is 1. The van der Waals surface area contributed by atoms with Gasteiger partial charge in [0.25, 0.3) is 0 Å². The Morgan fingerprint density at radius 3 is 2.07 bits per heavy atom. The van der Waals surface area contributed by atoms with Crippen molar-refractivity contribution in [3.05, 3.63) is 30.3 Å². The summed E-state index contributed by atoms with van der Waals surface area (Å²) in [7, 11) is 0. The molecule has 5 heteroatoms. The molecule has 0 aromatic heterocycles. The summed E-state index contributed by atoms with van der Waals surface area (Å²) in [5, 5.41) is 16.1. The number of aliphatic carboxylic acids is 1. The Bertz CT molecular complexity index is 264. The van der Waals surface area contributed by atoms with E-state index in [1.165, 1.54) is 0 Å². The van der Waals surface area contributed by atoms with E-state index in [-0.39, 0.29) is 6.42 Å². The fourth-order valence-electron chi connectivity index (χ4n) is 0.607. The normalized spacial score (nSPS) is 11.0. The molecule has 0 amide bonds. The lowest BCUT2D eigenvalue weighted by Gasteiger charge is -1.94. The summed E-state index contributed by atoms with van der Waals surface area (Å²) in [6.07, 6.45) is -0.0802. The van der Waals surface area contributed by atoms with Crippen molar-refractivity contribution in [2.24, 2.45) is 5.73 Å². The van der Waals surface area contributed by atoms with Crippen LogP contribution >= 0.6 is 12.6 Å². The summed E-state index contributed by atoms with van der Waals surface area (Å²) in [6.45, 7) is 0. The lowest BCUT2D eigenvalue weighted by Crippen LogP contribution is -2.16. The molecular weight excluding hydrogens is 202 g/mol. The summed E-state index contributed by atoms with van der Waals surface area (Å²) >= 11 is 3.63. The minimum absolute atomic E-state index is 0.0802. The van der Waals surface area contributed by atoms with Gasteiger partial charge in [0.2, 0.25) is 0 Å². The molecule has 0 saturated heterocycles. The van der Waals surface area contributed by atoms with E-state index in [0.717, 1.165) is 0 Å². The Hall–Kier alpha value is -1.20. The first-order valence-electron chi connectivity index (χ1n) is 3.92. The monoisotopic (exact) mass is 215 g/mol. The molecule has 0 bridgehead atoms. The van der Waals surface area contributed by atoms with E-state index in [1.807, 2.05) is 6.07 Å². The van der Waals surface area contributed by atoms with Gasteiger partial charge in [0, 0.05) is 0 Å². The smallest absolute Gasteiger partial charge is 0.305 e. The molecule has 14 heavy (non-hydrogen) atoms. The van der Waals surface area contributed by atoms with E-state index in [9.17, 15) is 4.79 Å². The molecule has 78 valence electrons. The quantitative estimate of drug-likeness (QED) is 0.439. The number of thiol groups is 1. The first-order chi connectivity index (χ1) is 6.52. The van der Waals surface area contributed by atoms with Crippen LogP contribution in [0, 0.1) is 0 Å². The maximum atomic E-state index is 9.68. The van der Waals surface area contributed by atoms with Crippen molar-refractivity contribution in [1.29, 1.82) is 0 Å². The molecule has 1 rings (SSSR count). The van der Waals surface area contributed by atoms with Crippen LogP contribution in [-0.2, 0) is 4.79 Å². The second-order valence-corrected chi connectivity index (χ2v) is 3.16. The number of para-hydroxylation sites is 1. The van der Waals surface area contributed by atoms with Crippen molar-refractivity contribution < 1.29 is 15.0 Å². The Morgan fingerprint density at radius 2 is 1.93 bits per heavy atom. The number of aromatic hydroxyl groups is 1. The molecule has 4 nitrogen and oxygen atoms in total. The van der Waals surface area contributed by atoms with E-state index in [1.54, 1.807) is 24.3 Å². The van der Waals surface area contributed by atoms with Gasteiger partial charge in [-0.2, -0.15) is 12.6 Å². The number of carboxylic acids is 1. The molecule has 0 heterocycles. The Kier molecular flexibility index (Phi) is 6.61. The molecule has 0 aliphatic heterocycles. The van der Waals surface area contributed by atoms with Gasteiger partial charge in [0.15, 0.2) is 0 Å². The standard InChI is InChI=1S/C6H6O.C3H7NO2S/c7-6-4-2-1-3-5-6;4-2(7)1-3(5)6/h1-5,7H;2,7H,1,4H2,(H,5,6). The number of hydrogen-bond acceptors (Lipinski definition) is 4. The highest BCUT2D eigenvalue weighted by Crippen LogP contribution is 2.02. The number of phenolic OH excluding ortho intramolecular Hbond substituents is 1. The molecule has 1 aromatic rings. The van der Waals surface area contributed by atoms with Crippen molar-refractivity contribution in [1.82, 2.24) is 0 Å². The minimum atomic E-state index is -0.914. The summed E-state index contributed by atoms with van der Waals surface area (Å²) in [5.41, 5.74) is 4.98. The van der Waals surface area contributed by atoms with Crippen molar-refractivity contribution in [2.75, 3.05) is 0 Å². The molecule has 0 fully saturated rings. The van der Waals surface area contributed by atoms with Gasteiger partial charge in [0.1, 0.15) is 5.75 Å². The Balaban J connectivity index is 0.000000241. The van der Waals surface area contributed by atoms with E-state index in [0.29, 0.717) is 5.75 Å². The third-order valence-electron chi connectivity index (χ3n) is 1.14. The van der Waals surface area contributed by atoms with Crippen LogP contribution < -0.4 is 5.73 Å². The third kappa shape index (κ3) is 8.89. The molecule has 0 saturated carbocycles.